The van der Waals surface area contributed by atoms with Crippen molar-refractivity contribution in [3.8, 4) is 5.75 Å². The van der Waals surface area contributed by atoms with E-state index in [0.717, 1.165) is 25.3 Å². The lowest BCUT2D eigenvalue weighted by molar-refractivity contribution is 0.397. The summed E-state index contributed by atoms with van der Waals surface area (Å²) in [5.41, 5.74) is 2.63. The lowest BCUT2D eigenvalue weighted by Crippen LogP contribution is -2.17. The van der Waals surface area contributed by atoms with Crippen LogP contribution in [0.15, 0.2) is 18.2 Å². The molecule has 0 spiro atoms. The fraction of sp³-hybridized carbons (Fsp3) is 0.600. The highest BCUT2D eigenvalue weighted by atomic mass is 35.5. The van der Waals surface area contributed by atoms with Gasteiger partial charge in [0.1, 0.15) is 5.75 Å². The summed E-state index contributed by atoms with van der Waals surface area (Å²) < 4.78 is 5.43. The molecule has 1 aromatic carbocycles. The van der Waals surface area contributed by atoms with Gasteiger partial charge in [0.2, 0.25) is 0 Å². The fourth-order valence-corrected chi connectivity index (χ4v) is 2.01. The van der Waals surface area contributed by atoms with E-state index in [0.29, 0.717) is 5.88 Å². The van der Waals surface area contributed by atoms with Crippen molar-refractivity contribution >= 4 is 11.6 Å². The Morgan fingerprint density at radius 3 is 2.56 bits per heavy atom. The minimum atomic E-state index is 0.0947. The van der Waals surface area contributed by atoms with Crippen LogP contribution in [0.2, 0.25) is 0 Å². The molecule has 0 aromatic heterocycles. The van der Waals surface area contributed by atoms with Gasteiger partial charge in [0.15, 0.2) is 0 Å². The molecular formula is C15H24ClNO. The van der Waals surface area contributed by atoms with Gasteiger partial charge in [0, 0.05) is 12.4 Å². The third-order valence-electron chi connectivity index (χ3n) is 2.89. The molecular weight excluding hydrogens is 246 g/mol. The summed E-state index contributed by atoms with van der Waals surface area (Å²) in [5.74, 6) is 1.68. The lowest BCUT2D eigenvalue weighted by atomic mass is 9.85. The largest absolute Gasteiger partial charge is 0.496 e. The van der Waals surface area contributed by atoms with Gasteiger partial charge in [-0.25, -0.2) is 0 Å². The molecule has 0 fully saturated rings. The van der Waals surface area contributed by atoms with Gasteiger partial charge in [-0.1, -0.05) is 32.9 Å². The van der Waals surface area contributed by atoms with E-state index in [1.54, 1.807) is 7.11 Å². The molecule has 0 aliphatic heterocycles. The zero-order valence-electron chi connectivity index (χ0n) is 11.8. The van der Waals surface area contributed by atoms with E-state index in [1.807, 2.05) is 0 Å². The molecule has 0 aliphatic rings. The number of ether oxygens (including phenoxy) is 1. The van der Waals surface area contributed by atoms with Crippen molar-refractivity contribution in [3.63, 3.8) is 0 Å². The van der Waals surface area contributed by atoms with E-state index in [-0.39, 0.29) is 5.41 Å². The molecule has 0 aliphatic carbocycles. The monoisotopic (exact) mass is 269 g/mol. The standard InChI is InChI=1S/C15H24ClNO/c1-15(2,3)13-10-12(6-7-14(13)18-4)11-17-9-5-8-16/h6-7,10,17H,5,8-9,11H2,1-4H3. The van der Waals surface area contributed by atoms with Gasteiger partial charge in [-0.3, -0.25) is 0 Å². The summed E-state index contributed by atoms with van der Waals surface area (Å²) in [6, 6.07) is 6.40. The van der Waals surface area contributed by atoms with E-state index in [2.05, 4.69) is 44.3 Å². The summed E-state index contributed by atoms with van der Waals surface area (Å²) in [6.45, 7) is 8.45. The number of hydrogen-bond acceptors (Lipinski definition) is 2. The molecule has 2 nitrogen and oxygen atoms in total. The van der Waals surface area contributed by atoms with Crippen LogP contribution in [-0.2, 0) is 12.0 Å². The Bertz CT molecular complexity index is 371. The Balaban J connectivity index is 2.77. The maximum absolute atomic E-state index is 5.65. The maximum atomic E-state index is 5.65. The number of nitrogens with one attached hydrogen (secondary N) is 1. The molecule has 1 aromatic rings. The molecule has 1 rings (SSSR count). The third-order valence-corrected chi connectivity index (χ3v) is 3.16. The first-order valence-corrected chi connectivity index (χ1v) is 6.96. The van der Waals surface area contributed by atoms with E-state index in [9.17, 15) is 0 Å². The molecule has 18 heavy (non-hydrogen) atoms. The molecule has 0 atom stereocenters. The molecule has 0 heterocycles. The predicted molar refractivity (Wildman–Crippen MR) is 78.7 cm³/mol. The van der Waals surface area contributed by atoms with E-state index < -0.39 is 0 Å². The van der Waals surface area contributed by atoms with Crippen molar-refractivity contribution in [2.75, 3.05) is 19.5 Å². The van der Waals surface area contributed by atoms with Crippen molar-refractivity contribution in [2.45, 2.75) is 39.2 Å². The van der Waals surface area contributed by atoms with Gasteiger partial charge < -0.3 is 10.1 Å². The number of benzene rings is 1. The van der Waals surface area contributed by atoms with E-state index >= 15 is 0 Å². The molecule has 1 N–H and O–H groups in total. The minimum absolute atomic E-state index is 0.0947. The van der Waals surface area contributed by atoms with Crippen LogP contribution in [0.1, 0.15) is 38.3 Å². The smallest absolute Gasteiger partial charge is 0.122 e. The zero-order valence-corrected chi connectivity index (χ0v) is 12.6. The van der Waals surface area contributed by atoms with Crippen LogP contribution < -0.4 is 10.1 Å². The van der Waals surface area contributed by atoms with Crippen LogP contribution in [-0.4, -0.2) is 19.5 Å². The highest BCUT2D eigenvalue weighted by Gasteiger charge is 2.18. The molecule has 0 saturated heterocycles. The Morgan fingerprint density at radius 2 is 2.00 bits per heavy atom. The summed E-state index contributed by atoms with van der Waals surface area (Å²) >= 11 is 5.65. The molecule has 0 amide bonds. The first-order chi connectivity index (χ1) is 8.49. The first-order valence-electron chi connectivity index (χ1n) is 6.43. The summed E-state index contributed by atoms with van der Waals surface area (Å²) in [4.78, 5) is 0. The van der Waals surface area contributed by atoms with Gasteiger partial charge >= 0.3 is 0 Å². The third kappa shape index (κ3) is 4.51. The number of rotatable bonds is 6. The average molecular weight is 270 g/mol. The van der Waals surface area contributed by atoms with E-state index in [4.69, 9.17) is 16.3 Å². The SMILES string of the molecule is COc1ccc(CNCCCCl)cc1C(C)(C)C. The van der Waals surface area contributed by atoms with Crippen molar-refractivity contribution in [2.24, 2.45) is 0 Å². The lowest BCUT2D eigenvalue weighted by Gasteiger charge is -2.23. The highest BCUT2D eigenvalue weighted by Crippen LogP contribution is 2.31. The molecule has 0 radical (unpaired) electrons. The average Bonchev–Trinajstić information content (AvgIpc) is 2.33. The van der Waals surface area contributed by atoms with Crippen LogP contribution in [0, 0.1) is 0 Å². The molecule has 0 unspecified atom stereocenters. The van der Waals surface area contributed by atoms with Crippen molar-refractivity contribution in [3.05, 3.63) is 29.3 Å². The summed E-state index contributed by atoms with van der Waals surface area (Å²) in [7, 11) is 1.73. The second kappa shape index (κ2) is 7.01. The maximum Gasteiger partial charge on any atom is 0.122 e. The molecule has 0 saturated carbocycles. The normalized spacial score (nSPS) is 11.6. The van der Waals surface area contributed by atoms with Gasteiger partial charge in [0.05, 0.1) is 7.11 Å². The van der Waals surface area contributed by atoms with Crippen LogP contribution in [0.4, 0.5) is 0 Å². The number of alkyl halides is 1. The Hall–Kier alpha value is -0.730. The Labute approximate surface area is 116 Å². The number of halogens is 1. The second-order valence-electron chi connectivity index (χ2n) is 5.50. The van der Waals surface area contributed by atoms with Crippen LogP contribution >= 0.6 is 11.6 Å². The summed E-state index contributed by atoms with van der Waals surface area (Å²) in [5, 5.41) is 3.39. The minimum Gasteiger partial charge on any atom is -0.496 e. The van der Waals surface area contributed by atoms with Gasteiger partial charge in [-0.05, 0) is 35.6 Å². The van der Waals surface area contributed by atoms with Gasteiger partial charge in [-0.2, -0.15) is 0 Å². The highest BCUT2D eigenvalue weighted by molar-refractivity contribution is 6.17. The number of methoxy groups -OCH3 is 1. The van der Waals surface area contributed by atoms with Crippen LogP contribution in [0.25, 0.3) is 0 Å². The quantitative estimate of drug-likeness (QED) is 0.628. The Kier molecular flexibility index (Phi) is 5.97. The topological polar surface area (TPSA) is 21.3 Å². The second-order valence-corrected chi connectivity index (χ2v) is 5.88. The predicted octanol–water partition coefficient (Wildman–Crippen LogP) is 3.71. The van der Waals surface area contributed by atoms with Crippen molar-refractivity contribution in [1.29, 1.82) is 0 Å². The first kappa shape index (κ1) is 15.3. The Morgan fingerprint density at radius 1 is 1.28 bits per heavy atom. The van der Waals surface area contributed by atoms with Crippen LogP contribution in [0.3, 0.4) is 0 Å². The van der Waals surface area contributed by atoms with E-state index in [1.165, 1.54) is 11.1 Å². The fourth-order valence-electron chi connectivity index (χ4n) is 1.88. The molecule has 3 heteroatoms. The van der Waals surface area contributed by atoms with Crippen molar-refractivity contribution < 1.29 is 4.74 Å². The summed E-state index contributed by atoms with van der Waals surface area (Å²) in [6.07, 6.45) is 1.00. The zero-order chi connectivity index (χ0) is 13.6. The van der Waals surface area contributed by atoms with Gasteiger partial charge in [0.25, 0.3) is 0 Å². The van der Waals surface area contributed by atoms with Crippen LogP contribution in [0.5, 0.6) is 5.75 Å². The molecule has 0 bridgehead atoms. The van der Waals surface area contributed by atoms with Gasteiger partial charge in [-0.15, -0.1) is 11.6 Å². The molecule has 102 valence electrons. The van der Waals surface area contributed by atoms with Crippen molar-refractivity contribution in [1.82, 2.24) is 5.32 Å². The number of hydrogen-bond donors (Lipinski definition) is 1.